The van der Waals surface area contributed by atoms with Gasteiger partial charge in [0.15, 0.2) is 5.13 Å². The second kappa shape index (κ2) is 9.79. The van der Waals surface area contributed by atoms with Crippen LogP contribution in [-0.2, 0) is 16.2 Å². The highest BCUT2D eigenvalue weighted by Crippen LogP contribution is 2.42. The quantitative estimate of drug-likeness (QED) is 0.202. The van der Waals surface area contributed by atoms with Gasteiger partial charge in [-0.1, -0.05) is 59.7 Å². The fourth-order valence-electron chi connectivity index (χ4n) is 4.26. The van der Waals surface area contributed by atoms with Crippen molar-refractivity contribution in [1.82, 2.24) is 4.98 Å². The molecule has 4 aromatic rings. The van der Waals surface area contributed by atoms with E-state index in [4.69, 9.17) is 4.74 Å². The van der Waals surface area contributed by atoms with Crippen LogP contribution in [0.3, 0.4) is 0 Å². The fourth-order valence-corrected chi connectivity index (χ4v) is 4.93. The smallest absolute Gasteiger partial charge is 0.301 e. The molecular formula is C29H24N2O4S. The summed E-state index contributed by atoms with van der Waals surface area (Å²) in [5.41, 5.74) is 4.44. The van der Waals surface area contributed by atoms with Gasteiger partial charge in [-0.3, -0.25) is 14.5 Å². The Bertz CT molecular complexity index is 1440. The second-order valence-electron chi connectivity index (χ2n) is 8.70. The second-order valence-corrected chi connectivity index (χ2v) is 9.57. The molecule has 1 amide bonds. The van der Waals surface area contributed by atoms with Gasteiger partial charge in [0, 0.05) is 17.1 Å². The number of aliphatic hydroxyl groups is 1. The molecule has 7 heteroatoms. The molecule has 3 aromatic carbocycles. The van der Waals surface area contributed by atoms with E-state index < -0.39 is 17.7 Å². The molecule has 1 N–H and O–H groups in total. The van der Waals surface area contributed by atoms with Crippen LogP contribution < -0.4 is 9.64 Å². The molecule has 1 saturated heterocycles. The Balaban J connectivity index is 1.48. The molecule has 0 bridgehead atoms. The number of benzene rings is 3. The number of anilines is 1. The van der Waals surface area contributed by atoms with Crippen molar-refractivity contribution in [3.05, 3.63) is 118 Å². The molecule has 0 spiro atoms. The van der Waals surface area contributed by atoms with E-state index in [-0.39, 0.29) is 11.3 Å². The molecule has 0 saturated carbocycles. The van der Waals surface area contributed by atoms with Gasteiger partial charge in [0.05, 0.1) is 11.6 Å². The number of carbonyl (C=O) groups excluding carboxylic acids is 2. The lowest BCUT2D eigenvalue weighted by atomic mass is 9.95. The fraction of sp³-hybridized carbons (Fsp3) is 0.138. The lowest BCUT2D eigenvalue weighted by Gasteiger charge is -2.23. The molecule has 1 fully saturated rings. The number of Topliss-reactive ketones (excluding diaryl/α,β-unsaturated/α-hetero) is 1. The van der Waals surface area contributed by atoms with Gasteiger partial charge in [-0.2, -0.15) is 0 Å². The van der Waals surface area contributed by atoms with E-state index in [0.29, 0.717) is 23.1 Å². The summed E-state index contributed by atoms with van der Waals surface area (Å²) >= 11 is 1.26. The van der Waals surface area contributed by atoms with Gasteiger partial charge < -0.3 is 9.84 Å². The van der Waals surface area contributed by atoms with Gasteiger partial charge in [-0.15, -0.1) is 11.3 Å². The molecule has 0 radical (unpaired) electrons. The van der Waals surface area contributed by atoms with Crippen LogP contribution in [0.25, 0.3) is 5.76 Å². The SMILES string of the molecule is Cc1ccc(C2C(=C(O)c3ccc(OCc4cccc(C)c4)cc3)C(=O)C(=O)N2c2nccs2)cc1. The van der Waals surface area contributed by atoms with Crippen LogP contribution in [0.15, 0.2) is 89.9 Å². The van der Waals surface area contributed by atoms with E-state index in [1.54, 1.807) is 35.8 Å². The number of hydrogen-bond acceptors (Lipinski definition) is 6. The maximum absolute atomic E-state index is 13.2. The van der Waals surface area contributed by atoms with E-state index in [9.17, 15) is 14.7 Å². The van der Waals surface area contributed by atoms with E-state index in [1.165, 1.54) is 16.2 Å². The average Bonchev–Trinajstić information content (AvgIpc) is 3.50. The molecule has 1 aliphatic rings. The minimum Gasteiger partial charge on any atom is -0.507 e. The van der Waals surface area contributed by atoms with Gasteiger partial charge in [-0.25, -0.2) is 4.98 Å². The highest BCUT2D eigenvalue weighted by molar-refractivity contribution is 7.14. The van der Waals surface area contributed by atoms with E-state index in [1.807, 2.05) is 56.3 Å². The van der Waals surface area contributed by atoms with Crippen LogP contribution in [0.5, 0.6) is 5.75 Å². The topological polar surface area (TPSA) is 79.7 Å². The van der Waals surface area contributed by atoms with E-state index in [0.717, 1.165) is 22.3 Å². The number of thiazole rings is 1. The van der Waals surface area contributed by atoms with Crippen LogP contribution in [0.4, 0.5) is 5.13 Å². The molecule has 1 atom stereocenters. The maximum Gasteiger partial charge on any atom is 0.301 e. The first-order valence-corrected chi connectivity index (χ1v) is 12.4. The largest absolute Gasteiger partial charge is 0.507 e. The van der Waals surface area contributed by atoms with Gasteiger partial charge in [0.1, 0.15) is 18.1 Å². The number of aryl methyl sites for hydroxylation is 2. The summed E-state index contributed by atoms with van der Waals surface area (Å²) in [7, 11) is 0. The zero-order chi connectivity index (χ0) is 25.2. The highest BCUT2D eigenvalue weighted by atomic mass is 32.1. The third kappa shape index (κ3) is 4.53. The zero-order valence-corrected chi connectivity index (χ0v) is 20.7. The maximum atomic E-state index is 13.2. The van der Waals surface area contributed by atoms with Crippen LogP contribution in [0, 0.1) is 13.8 Å². The average molecular weight is 497 g/mol. The number of aliphatic hydroxyl groups excluding tert-OH is 1. The Morgan fingerprint density at radius 3 is 2.42 bits per heavy atom. The molecule has 36 heavy (non-hydrogen) atoms. The normalized spacial score (nSPS) is 16.9. The lowest BCUT2D eigenvalue weighted by Crippen LogP contribution is -2.29. The molecule has 5 rings (SSSR count). The summed E-state index contributed by atoms with van der Waals surface area (Å²) < 4.78 is 5.88. The monoisotopic (exact) mass is 496 g/mol. The van der Waals surface area contributed by atoms with Crippen molar-refractivity contribution in [3.8, 4) is 5.75 Å². The lowest BCUT2D eigenvalue weighted by molar-refractivity contribution is -0.132. The minimum absolute atomic E-state index is 0.0347. The van der Waals surface area contributed by atoms with Crippen molar-refractivity contribution in [2.45, 2.75) is 26.5 Å². The van der Waals surface area contributed by atoms with Crippen molar-refractivity contribution < 1.29 is 19.4 Å². The van der Waals surface area contributed by atoms with Crippen molar-refractivity contribution in [2.24, 2.45) is 0 Å². The third-order valence-electron chi connectivity index (χ3n) is 6.08. The number of ketones is 1. The summed E-state index contributed by atoms with van der Waals surface area (Å²) in [4.78, 5) is 31.9. The summed E-state index contributed by atoms with van der Waals surface area (Å²) in [6, 6.07) is 21.7. The molecule has 1 unspecified atom stereocenters. The first-order chi connectivity index (χ1) is 17.4. The van der Waals surface area contributed by atoms with E-state index in [2.05, 4.69) is 11.1 Å². The minimum atomic E-state index is -0.783. The molecule has 6 nitrogen and oxygen atoms in total. The molecule has 2 heterocycles. The summed E-state index contributed by atoms with van der Waals surface area (Å²) in [6.45, 7) is 4.41. The van der Waals surface area contributed by atoms with Crippen molar-refractivity contribution in [1.29, 1.82) is 0 Å². The predicted octanol–water partition coefficient (Wildman–Crippen LogP) is 5.97. The van der Waals surface area contributed by atoms with Crippen LogP contribution in [0.1, 0.15) is 33.9 Å². The van der Waals surface area contributed by atoms with Gasteiger partial charge in [0.2, 0.25) is 0 Å². The third-order valence-corrected chi connectivity index (χ3v) is 6.85. The number of aromatic nitrogens is 1. The molecule has 0 aliphatic carbocycles. The Labute approximate surface area is 213 Å². The summed E-state index contributed by atoms with van der Waals surface area (Å²) in [5.74, 6) is -1.06. The van der Waals surface area contributed by atoms with Crippen molar-refractivity contribution in [2.75, 3.05) is 4.90 Å². The highest BCUT2D eigenvalue weighted by Gasteiger charge is 2.47. The van der Waals surface area contributed by atoms with Gasteiger partial charge in [0.25, 0.3) is 5.78 Å². The Morgan fingerprint density at radius 1 is 1.00 bits per heavy atom. The Kier molecular flexibility index (Phi) is 6.40. The first-order valence-electron chi connectivity index (χ1n) is 11.5. The predicted molar refractivity (Wildman–Crippen MR) is 140 cm³/mol. The Morgan fingerprint density at radius 2 is 1.75 bits per heavy atom. The van der Waals surface area contributed by atoms with Crippen molar-refractivity contribution >= 4 is 33.9 Å². The van der Waals surface area contributed by atoms with Crippen LogP contribution in [-0.4, -0.2) is 21.8 Å². The van der Waals surface area contributed by atoms with Crippen LogP contribution >= 0.6 is 11.3 Å². The summed E-state index contributed by atoms with van der Waals surface area (Å²) in [5, 5.41) is 13.4. The Hall–Kier alpha value is -4.23. The molecule has 1 aromatic heterocycles. The van der Waals surface area contributed by atoms with Gasteiger partial charge in [-0.05, 0) is 49.2 Å². The molecular weight excluding hydrogens is 472 g/mol. The number of nitrogens with zero attached hydrogens (tertiary/aromatic N) is 2. The standard InChI is InChI=1S/C29H24N2O4S/c1-18-6-8-21(9-7-18)25-24(27(33)28(34)31(25)29-30-14-15-36-29)26(32)22-10-12-23(13-11-22)35-17-20-5-3-4-19(2)16-20/h3-16,25,32H,17H2,1-2H3. The number of hydrogen-bond donors (Lipinski definition) is 1. The molecule has 180 valence electrons. The number of ether oxygens (including phenoxy) is 1. The number of carbonyl (C=O) groups is 2. The van der Waals surface area contributed by atoms with Gasteiger partial charge >= 0.3 is 5.91 Å². The van der Waals surface area contributed by atoms with Crippen LogP contribution in [0.2, 0.25) is 0 Å². The number of amides is 1. The van der Waals surface area contributed by atoms with E-state index >= 15 is 0 Å². The zero-order valence-electron chi connectivity index (χ0n) is 19.8. The van der Waals surface area contributed by atoms with Crippen molar-refractivity contribution in [3.63, 3.8) is 0 Å². The first kappa shape index (κ1) is 23.5. The number of rotatable bonds is 6. The molecule has 1 aliphatic heterocycles. The summed E-state index contributed by atoms with van der Waals surface area (Å²) in [6.07, 6.45) is 1.58.